The van der Waals surface area contributed by atoms with Crippen molar-refractivity contribution in [3.8, 4) is 22.4 Å². The fraction of sp³-hybridized carbons (Fsp3) is 0.136. The van der Waals surface area contributed by atoms with Crippen molar-refractivity contribution in [1.29, 1.82) is 0 Å². The maximum atomic E-state index is 3.80. The second kappa shape index (κ2) is 4.92. The van der Waals surface area contributed by atoms with E-state index >= 15 is 0 Å². The topological polar surface area (TPSA) is 14.1 Å². The number of hydrogen-bond donors (Lipinski definition) is 0. The summed E-state index contributed by atoms with van der Waals surface area (Å²) in [7, 11) is 0. The van der Waals surface area contributed by atoms with Crippen LogP contribution in [-0.2, 0) is 5.41 Å². The summed E-state index contributed by atoms with van der Waals surface area (Å²) in [5, 5.41) is 0. The van der Waals surface area contributed by atoms with Crippen molar-refractivity contribution in [3.05, 3.63) is 84.1 Å². The number of benzene rings is 2. The molecule has 0 amide bonds. The molecule has 0 aliphatic heterocycles. The lowest BCUT2D eigenvalue weighted by molar-refractivity contribution is -0.364. The SMILES string of the molecule is C=Cc1ccc(-c2ccc3c(c2)C(C)(C)c2ccccc2-3)[nH+]c1. The van der Waals surface area contributed by atoms with Crippen molar-refractivity contribution in [2.45, 2.75) is 19.3 Å². The van der Waals surface area contributed by atoms with Gasteiger partial charge in [-0.05, 0) is 40.5 Å². The first-order valence-corrected chi connectivity index (χ1v) is 8.00. The van der Waals surface area contributed by atoms with Crippen LogP contribution >= 0.6 is 0 Å². The van der Waals surface area contributed by atoms with Crippen LogP contribution in [0.3, 0.4) is 0 Å². The third-order valence-corrected chi connectivity index (χ3v) is 4.97. The Morgan fingerprint density at radius 2 is 1.70 bits per heavy atom. The van der Waals surface area contributed by atoms with Gasteiger partial charge < -0.3 is 0 Å². The van der Waals surface area contributed by atoms with E-state index in [0.29, 0.717) is 0 Å². The van der Waals surface area contributed by atoms with Crippen molar-refractivity contribution in [2.24, 2.45) is 0 Å². The second-order valence-corrected chi connectivity index (χ2v) is 6.67. The van der Waals surface area contributed by atoms with Crippen molar-refractivity contribution in [1.82, 2.24) is 0 Å². The van der Waals surface area contributed by atoms with E-state index in [2.05, 4.69) is 80.0 Å². The van der Waals surface area contributed by atoms with Crippen molar-refractivity contribution in [2.75, 3.05) is 0 Å². The van der Waals surface area contributed by atoms with Crippen LogP contribution < -0.4 is 4.98 Å². The molecule has 0 fully saturated rings. The molecule has 0 radical (unpaired) electrons. The maximum absolute atomic E-state index is 3.80. The van der Waals surface area contributed by atoms with Gasteiger partial charge in [-0.15, -0.1) is 0 Å². The van der Waals surface area contributed by atoms with E-state index in [-0.39, 0.29) is 5.41 Å². The first kappa shape index (κ1) is 14.0. The molecule has 23 heavy (non-hydrogen) atoms. The zero-order valence-electron chi connectivity index (χ0n) is 13.6. The fourth-order valence-corrected chi connectivity index (χ4v) is 3.62. The van der Waals surface area contributed by atoms with E-state index in [1.807, 2.05) is 12.3 Å². The van der Waals surface area contributed by atoms with Gasteiger partial charge in [0.2, 0.25) is 5.69 Å². The molecule has 1 nitrogen and oxygen atoms in total. The van der Waals surface area contributed by atoms with Crippen LogP contribution in [0, 0.1) is 0 Å². The largest absolute Gasteiger partial charge is 0.211 e. The molecule has 0 saturated carbocycles. The molecule has 4 rings (SSSR count). The Balaban J connectivity index is 1.86. The number of fused-ring (bicyclic) bond motifs is 3. The van der Waals surface area contributed by atoms with Gasteiger partial charge in [-0.2, -0.15) is 0 Å². The third-order valence-electron chi connectivity index (χ3n) is 4.97. The van der Waals surface area contributed by atoms with Gasteiger partial charge in [-0.25, -0.2) is 4.98 Å². The summed E-state index contributed by atoms with van der Waals surface area (Å²) in [5.41, 5.74) is 9.04. The van der Waals surface area contributed by atoms with Crippen LogP contribution in [0.2, 0.25) is 0 Å². The highest BCUT2D eigenvalue weighted by atomic mass is 14.7. The number of H-pyrrole nitrogens is 1. The number of aromatic amines is 1. The summed E-state index contributed by atoms with van der Waals surface area (Å²) >= 11 is 0. The van der Waals surface area contributed by atoms with Crippen LogP contribution in [0.1, 0.15) is 30.5 Å². The lowest BCUT2D eigenvalue weighted by Crippen LogP contribution is -2.15. The van der Waals surface area contributed by atoms with E-state index in [4.69, 9.17) is 0 Å². The number of rotatable bonds is 2. The molecule has 3 aromatic rings. The zero-order valence-corrected chi connectivity index (χ0v) is 13.6. The summed E-state index contributed by atoms with van der Waals surface area (Å²) in [6.07, 6.45) is 3.85. The van der Waals surface area contributed by atoms with Crippen LogP contribution in [0.25, 0.3) is 28.5 Å². The molecule has 1 heteroatoms. The Morgan fingerprint density at radius 3 is 2.43 bits per heavy atom. The van der Waals surface area contributed by atoms with Crippen LogP contribution in [0.5, 0.6) is 0 Å². The minimum absolute atomic E-state index is 0.0446. The Labute approximate surface area is 137 Å². The highest BCUT2D eigenvalue weighted by Gasteiger charge is 2.35. The Morgan fingerprint density at radius 1 is 0.913 bits per heavy atom. The van der Waals surface area contributed by atoms with Crippen molar-refractivity contribution in [3.63, 3.8) is 0 Å². The lowest BCUT2D eigenvalue weighted by atomic mass is 9.82. The number of pyridine rings is 1. The average molecular weight is 298 g/mol. The normalized spacial score (nSPS) is 14.2. The maximum Gasteiger partial charge on any atom is 0.210 e. The minimum Gasteiger partial charge on any atom is -0.211 e. The predicted molar refractivity (Wildman–Crippen MR) is 96.1 cm³/mol. The fourth-order valence-electron chi connectivity index (χ4n) is 3.62. The molecule has 1 aliphatic carbocycles. The quantitative estimate of drug-likeness (QED) is 0.623. The van der Waals surface area contributed by atoms with E-state index in [1.54, 1.807) is 0 Å². The van der Waals surface area contributed by atoms with E-state index in [0.717, 1.165) is 11.3 Å². The number of nitrogens with one attached hydrogen (secondary N) is 1. The van der Waals surface area contributed by atoms with Crippen LogP contribution in [-0.4, -0.2) is 0 Å². The van der Waals surface area contributed by atoms with Gasteiger partial charge in [-0.1, -0.05) is 56.8 Å². The van der Waals surface area contributed by atoms with Gasteiger partial charge in [0.15, 0.2) is 6.20 Å². The molecule has 1 heterocycles. The molecular weight excluding hydrogens is 278 g/mol. The van der Waals surface area contributed by atoms with Gasteiger partial charge in [0.25, 0.3) is 0 Å². The van der Waals surface area contributed by atoms with Gasteiger partial charge >= 0.3 is 0 Å². The smallest absolute Gasteiger partial charge is 0.210 e. The Bertz CT molecular complexity index is 902. The average Bonchev–Trinajstić information content (AvgIpc) is 2.83. The van der Waals surface area contributed by atoms with Gasteiger partial charge in [0.05, 0.1) is 0 Å². The molecule has 1 aromatic heterocycles. The molecular formula is C22H20N+. The minimum atomic E-state index is 0.0446. The summed E-state index contributed by atoms with van der Waals surface area (Å²) in [6, 6.07) is 19.7. The second-order valence-electron chi connectivity index (χ2n) is 6.67. The van der Waals surface area contributed by atoms with E-state index in [1.165, 1.54) is 27.8 Å². The summed E-state index contributed by atoms with van der Waals surface area (Å²) in [4.78, 5) is 3.37. The first-order chi connectivity index (χ1) is 11.1. The first-order valence-electron chi connectivity index (χ1n) is 8.00. The number of aromatic nitrogens is 1. The molecule has 0 spiro atoms. The summed E-state index contributed by atoms with van der Waals surface area (Å²) < 4.78 is 0. The predicted octanol–water partition coefficient (Wildman–Crippen LogP) is 5.12. The molecule has 0 unspecified atom stereocenters. The van der Waals surface area contributed by atoms with E-state index < -0.39 is 0 Å². The molecule has 2 aromatic carbocycles. The lowest BCUT2D eigenvalue weighted by Gasteiger charge is -2.21. The summed E-state index contributed by atoms with van der Waals surface area (Å²) in [6.45, 7) is 8.43. The molecule has 112 valence electrons. The van der Waals surface area contributed by atoms with Gasteiger partial charge in [0.1, 0.15) is 0 Å². The molecule has 1 aliphatic rings. The Hall–Kier alpha value is -2.67. The van der Waals surface area contributed by atoms with Crippen molar-refractivity contribution < 1.29 is 4.98 Å². The highest BCUT2D eigenvalue weighted by molar-refractivity contribution is 5.82. The molecule has 0 atom stereocenters. The summed E-state index contributed by atoms with van der Waals surface area (Å²) in [5.74, 6) is 0. The standard InChI is InChI=1S/C22H19N/c1-4-15-9-12-21(23-14-15)16-10-11-18-17-7-5-6-8-19(17)22(2,3)20(18)13-16/h4-14H,1H2,2-3H3/p+1. The monoisotopic (exact) mass is 298 g/mol. The van der Waals surface area contributed by atoms with Gasteiger partial charge in [-0.3, -0.25) is 0 Å². The zero-order chi connectivity index (χ0) is 16.0. The Kier molecular flexibility index (Phi) is 2.99. The number of hydrogen-bond acceptors (Lipinski definition) is 0. The van der Waals surface area contributed by atoms with Gasteiger partial charge in [0, 0.05) is 22.6 Å². The third kappa shape index (κ3) is 2.04. The molecule has 0 bridgehead atoms. The molecule has 0 saturated heterocycles. The van der Waals surface area contributed by atoms with Crippen molar-refractivity contribution >= 4 is 6.08 Å². The van der Waals surface area contributed by atoms with Crippen LogP contribution in [0.4, 0.5) is 0 Å². The highest BCUT2D eigenvalue weighted by Crippen LogP contribution is 2.49. The van der Waals surface area contributed by atoms with Crippen LogP contribution in [0.15, 0.2) is 67.4 Å². The molecule has 1 N–H and O–H groups in total. The van der Waals surface area contributed by atoms with E-state index in [9.17, 15) is 0 Å².